The van der Waals surface area contributed by atoms with Gasteiger partial charge in [-0.15, -0.1) is 0 Å². The van der Waals surface area contributed by atoms with E-state index in [1.54, 1.807) is 4.90 Å². The zero-order chi connectivity index (χ0) is 24.5. The Morgan fingerprint density at radius 3 is 2.21 bits per heavy atom. The van der Waals surface area contributed by atoms with Crippen molar-refractivity contribution >= 4 is 18.0 Å². The number of alkyl carbamates (subject to hydrolysis) is 1. The molecule has 2 aromatic carbocycles. The van der Waals surface area contributed by atoms with Gasteiger partial charge in [-0.3, -0.25) is 9.59 Å². The standard InChI is InChI=1S/C27H32N2O5/c1-27(2,3)23(24(30)29-14-8-9-17(15-29)25(31)32)28-26(33)34-16-22-20-12-6-4-10-18(20)19-11-5-7-13-21(19)22/h4-7,10-13,17,22-23H,8-9,14-16H2,1-3H3,(H,28,33)(H,31,32)/t17-,23-/m0/s1. The first-order valence-corrected chi connectivity index (χ1v) is 11.8. The number of carboxylic acids is 1. The number of benzene rings is 2. The molecule has 0 spiro atoms. The first-order chi connectivity index (χ1) is 16.2. The Morgan fingerprint density at radius 1 is 1.06 bits per heavy atom. The van der Waals surface area contributed by atoms with E-state index in [1.165, 1.54) is 0 Å². The van der Waals surface area contributed by atoms with E-state index in [2.05, 4.69) is 29.6 Å². The van der Waals surface area contributed by atoms with Gasteiger partial charge in [-0.05, 0) is 40.5 Å². The number of hydrogen-bond acceptors (Lipinski definition) is 4. The van der Waals surface area contributed by atoms with Crippen LogP contribution in [0.1, 0.15) is 50.7 Å². The fourth-order valence-corrected chi connectivity index (χ4v) is 4.97. The van der Waals surface area contributed by atoms with Crippen molar-refractivity contribution in [3.63, 3.8) is 0 Å². The van der Waals surface area contributed by atoms with Gasteiger partial charge in [0.15, 0.2) is 0 Å². The van der Waals surface area contributed by atoms with Crippen LogP contribution in [-0.4, -0.2) is 53.7 Å². The maximum atomic E-state index is 13.3. The summed E-state index contributed by atoms with van der Waals surface area (Å²) in [5.74, 6) is -1.81. The van der Waals surface area contributed by atoms with Crippen molar-refractivity contribution in [1.29, 1.82) is 0 Å². The Morgan fingerprint density at radius 2 is 1.65 bits per heavy atom. The first-order valence-electron chi connectivity index (χ1n) is 11.8. The number of carboxylic acid groups (broad SMARTS) is 1. The Labute approximate surface area is 200 Å². The highest BCUT2D eigenvalue weighted by atomic mass is 16.5. The van der Waals surface area contributed by atoms with Crippen molar-refractivity contribution < 1.29 is 24.2 Å². The summed E-state index contributed by atoms with van der Waals surface area (Å²) in [6, 6.07) is 15.4. The first kappa shape index (κ1) is 23.8. The molecule has 4 rings (SSSR count). The minimum atomic E-state index is -0.894. The highest BCUT2D eigenvalue weighted by Crippen LogP contribution is 2.44. The highest BCUT2D eigenvalue weighted by molar-refractivity contribution is 5.87. The van der Waals surface area contributed by atoms with E-state index in [-0.39, 0.29) is 25.0 Å². The van der Waals surface area contributed by atoms with Crippen LogP contribution in [0.3, 0.4) is 0 Å². The Bertz CT molecular complexity index is 1040. The summed E-state index contributed by atoms with van der Waals surface area (Å²) in [7, 11) is 0. The predicted octanol–water partition coefficient (Wildman–Crippen LogP) is 4.26. The van der Waals surface area contributed by atoms with Gasteiger partial charge in [0, 0.05) is 19.0 Å². The number of carbonyl (C=O) groups is 3. The number of fused-ring (bicyclic) bond motifs is 3. The van der Waals surface area contributed by atoms with E-state index in [1.807, 2.05) is 45.0 Å². The molecule has 1 aliphatic carbocycles. The van der Waals surface area contributed by atoms with Gasteiger partial charge in [-0.1, -0.05) is 69.3 Å². The lowest BCUT2D eigenvalue weighted by Gasteiger charge is -2.37. The number of aliphatic carboxylic acids is 1. The third-order valence-electron chi connectivity index (χ3n) is 6.80. The van der Waals surface area contributed by atoms with Gasteiger partial charge in [-0.25, -0.2) is 4.79 Å². The lowest BCUT2D eigenvalue weighted by molar-refractivity contribution is -0.147. The molecule has 180 valence electrons. The molecule has 1 aliphatic heterocycles. The SMILES string of the molecule is CC(C)(C)[C@@H](NC(=O)OCC1c2ccccc2-c2ccccc21)C(=O)N1CCC[C@H](C(=O)O)C1. The number of rotatable bonds is 5. The second-order valence-corrected chi connectivity index (χ2v) is 10.2. The summed E-state index contributed by atoms with van der Waals surface area (Å²) in [5, 5.41) is 12.1. The highest BCUT2D eigenvalue weighted by Gasteiger charge is 2.39. The van der Waals surface area contributed by atoms with Gasteiger partial charge in [0.25, 0.3) is 0 Å². The molecule has 2 N–H and O–H groups in total. The Hall–Kier alpha value is -3.35. The van der Waals surface area contributed by atoms with Crippen LogP contribution in [0.5, 0.6) is 0 Å². The van der Waals surface area contributed by atoms with E-state index in [9.17, 15) is 19.5 Å². The van der Waals surface area contributed by atoms with Crippen molar-refractivity contribution in [2.75, 3.05) is 19.7 Å². The van der Waals surface area contributed by atoms with Crippen LogP contribution < -0.4 is 5.32 Å². The van der Waals surface area contributed by atoms with Gasteiger partial charge >= 0.3 is 12.1 Å². The second-order valence-electron chi connectivity index (χ2n) is 10.2. The summed E-state index contributed by atoms with van der Waals surface area (Å²) in [4.78, 5) is 39.1. The molecular weight excluding hydrogens is 432 g/mol. The maximum absolute atomic E-state index is 13.3. The predicted molar refractivity (Wildman–Crippen MR) is 128 cm³/mol. The summed E-state index contributed by atoms with van der Waals surface area (Å²) in [6.45, 7) is 6.43. The van der Waals surface area contributed by atoms with Crippen LogP contribution in [0.2, 0.25) is 0 Å². The molecule has 1 heterocycles. The molecule has 0 bridgehead atoms. The van der Waals surface area contributed by atoms with Crippen molar-refractivity contribution in [1.82, 2.24) is 10.2 Å². The van der Waals surface area contributed by atoms with Crippen LogP contribution in [0.4, 0.5) is 4.79 Å². The molecule has 0 aromatic heterocycles. The van der Waals surface area contributed by atoms with Crippen LogP contribution in [0.15, 0.2) is 48.5 Å². The van der Waals surface area contributed by atoms with Gasteiger partial charge in [-0.2, -0.15) is 0 Å². The molecule has 34 heavy (non-hydrogen) atoms. The third kappa shape index (κ3) is 4.79. The molecule has 0 saturated carbocycles. The molecule has 0 unspecified atom stereocenters. The molecule has 2 aliphatic rings. The lowest BCUT2D eigenvalue weighted by atomic mass is 9.85. The summed E-state index contributed by atoms with van der Waals surface area (Å²) in [6.07, 6.45) is 0.533. The Kier molecular flexibility index (Phi) is 6.64. The molecule has 2 amide bonds. The van der Waals surface area contributed by atoms with Crippen LogP contribution in [0.25, 0.3) is 11.1 Å². The number of ether oxygens (including phenoxy) is 1. The van der Waals surface area contributed by atoms with Crippen molar-refractivity contribution in [3.8, 4) is 11.1 Å². The number of hydrogen-bond donors (Lipinski definition) is 2. The molecule has 2 atom stereocenters. The molecular formula is C27H32N2O5. The largest absolute Gasteiger partial charge is 0.481 e. The number of nitrogens with one attached hydrogen (secondary N) is 1. The minimum absolute atomic E-state index is 0.0691. The fourth-order valence-electron chi connectivity index (χ4n) is 4.97. The van der Waals surface area contributed by atoms with Gasteiger partial charge in [0.2, 0.25) is 5.91 Å². The van der Waals surface area contributed by atoms with Crippen molar-refractivity contribution in [3.05, 3.63) is 59.7 Å². The number of likely N-dealkylation sites (tertiary alicyclic amines) is 1. The fraction of sp³-hybridized carbons (Fsp3) is 0.444. The van der Waals surface area contributed by atoms with Crippen LogP contribution in [-0.2, 0) is 14.3 Å². The van der Waals surface area contributed by atoms with E-state index in [4.69, 9.17) is 4.74 Å². The minimum Gasteiger partial charge on any atom is -0.481 e. The number of carbonyl (C=O) groups excluding carboxylic acids is 2. The van der Waals surface area contributed by atoms with Gasteiger partial charge in [0.1, 0.15) is 12.6 Å². The van der Waals surface area contributed by atoms with Crippen LogP contribution >= 0.6 is 0 Å². The number of piperidine rings is 1. The average molecular weight is 465 g/mol. The van der Waals surface area contributed by atoms with Crippen LogP contribution in [0, 0.1) is 11.3 Å². The molecule has 7 nitrogen and oxygen atoms in total. The number of nitrogens with zero attached hydrogens (tertiary/aromatic N) is 1. The van der Waals surface area contributed by atoms with Crippen molar-refractivity contribution in [2.45, 2.75) is 45.6 Å². The quantitative estimate of drug-likeness (QED) is 0.689. The third-order valence-corrected chi connectivity index (χ3v) is 6.80. The zero-order valence-corrected chi connectivity index (χ0v) is 19.9. The average Bonchev–Trinajstić information content (AvgIpc) is 3.14. The summed E-state index contributed by atoms with van der Waals surface area (Å²) in [5.41, 5.74) is 3.96. The summed E-state index contributed by atoms with van der Waals surface area (Å²) >= 11 is 0. The number of amides is 2. The maximum Gasteiger partial charge on any atom is 0.407 e. The second kappa shape index (κ2) is 9.49. The molecule has 1 saturated heterocycles. The monoisotopic (exact) mass is 464 g/mol. The van der Waals surface area contributed by atoms with E-state index < -0.39 is 29.4 Å². The van der Waals surface area contributed by atoms with E-state index >= 15 is 0 Å². The lowest BCUT2D eigenvalue weighted by Crippen LogP contribution is -2.57. The van der Waals surface area contributed by atoms with Crippen molar-refractivity contribution in [2.24, 2.45) is 11.3 Å². The van der Waals surface area contributed by atoms with E-state index in [0.717, 1.165) is 22.3 Å². The van der Waals surface area contributed by atoms with E-state index in [0.29, 0.717) is 19.4 Å². The Balaban J connectivity index is 1.44. The zero-order valence-electron chi connectivity index (χ0n) is 19.9. The molecule has 7 heteroatoms. The normalized spacial score (nSPS) is 18.6. The smallest absolute Gasteiger partial charge is 0.407 e. The molecule has 1 fully saturated rings. The van der Waals surface area contributed by atoms with Gasteiger partial charge < -0.3 is 20.1 Å². The molecule has 0 radical (unpaired) electrons. The summed E-state index contributed by atoms with van der Waals surface area (Å²) < 4.78 is 5.65. The topological polar surface area (TPSA) is 95.9 Å². The van der Waals surface area contributed by atoms with Gasteiger partial charge in [0.05, 0.1) is 5.92 Å². The molecule has 2 aromatic rings.